The summed E-state index contributed by atoms with van der Waals surface area (Å²) in [5, 5.41) is 14.0. The highest BCUT2D eigenvalue weighted by atomic mass is 79.9. The zero-order valence-corrected chi connectivity index (χ0v) is 12.0. The molecule has 4 nitrogen and oxygen atoms in total. The van der Waals surface area contributed by atoms with Gasteiger partial charge in [0.2, 0.25) is 0 Å². The third-order valence-corrected chi connectivity index (χ3v) is 3.61. The number of aryl methyl sites for hydroxylation is 1. The summed E-state index contributed by atoms with van der Waals surface area (Å²) in [5.41, 5.74) is 2.81. The van der Waals surface area contributed by atoms with E-state index in [0.29, 0.717) is 12.1 Å². The summed E-state index contributed by atoms with van der Waals surface area (Å²) in [4.78, 5) is 10.4. The first-order valence-corrected chi connectivity index (χ1v) is 6.59. The first-order chi connectivity index (χ1) is 9.08. The maximum atomic E-state index is 10.7. The lowest BCUT2D eigenvalue weighted by atomic mass is 10.1. The highest BCUT2D eigenvalue weighted by Gasteiger charge is 2.09. The van der Waals surface area contributed by atoms with E-state index >= 15 is 0 Å². The van der Waals surface area contributed by atoms with Crippen molar-refractivity contribution >= 4 is 27.3 Å². The van der Waals surface area contributed by atoms with Crippen LogP contribution < -0.4 is 5.32 Å². The molecule has 0 atom stereocenters. The van der Waals surface area contributed by atoms with Gasteiger partial charge in [-0.05, 0) is 30.7 Å². The van der Waals surface area contributed by atoms with Crippen molar-refractivity contribution in [3.8, 4) is 0 Å². The molecule has 2 aromatic carbocycles. The van der Waals surface area contributed by atoms with Crippen molar-refractivity contribution in [2.24, 2.45) is 0 Å². The quantitative estimate of drug-likeness (QED) is 0.675. The van der Waals surface area contributed by atoms with Gasteiger partial charge in [-0.3, -0.25) is 10.1 Å². The molecule has 98 valence electrons. The summed E-state index contributed by atoms with van der Waals surface area (Å²) in [5.74, 6) is 0. The zero-order valence-electron chi connectivity index (χ0n) is 10.4. The average Bonchev–Trinajstić information content (AvgIpc) is 2.37. The Morgan fingerprint density at radius 1 is 1.26 bits per heavy atom. The monoisotopic (exact) mass is 320 g/mol. The molecule has 0 spiro atoms. The van der Waals surface area contributed by atoms with E-state index < -0.39 is 0 Å². The maximum absolute atomic E-state index is 10.7. The number of benzene rings is 2. The predicted octanol–water partition coefficient (Wildman–Crippen LogP) is 4.28. The summed E-state index contributed by atoms with van der Waals surface area (Å²) < 4.78 is 1.04. The van der Waals surface area contributed by atoms with Gasteiger partial charge in [0.1, 0.15) is 0 Å². The molecule has 0 bridgehead atoms. The minimum absolute atomic E-state index is 0.145. The Morgan fingerprint density at radius 3 is 2.63 bits per heavy atom. The molecule has 0 fully saturated rings. The molecule has 2 rings (SSSR count). The lowest BCUT2D eigenvalue weighted by Crippen LogP contribution is -2.01. The van der Waals surface area contributed by atoms with Gasteiger partial charge in [0, 0.05) is 28.3 Å². The number of nitro benzene ring substituents is 1. The van der Waals surface area contributed by atoms with Crippen LogP contribution in [0.1, 0.15) is 11.1 Å². The predicted molar refractivity (Wildman–Crippen MR) is 79.3 cm³/mol. The van der Waals surface area contributed by atoms with E-state index in [1.807, 2.05) is 24.3 Å². The molecule has 0 aliphatic rings. The molecule has 2 aromatic rings. The van der Waals surface area contributed by atoms with Crippen molar-refractivity contribution in [2.45, 2.75) is 13.5 Å². The molecule has 0 heterocycles. The molecule has 0 saturated heterocycles. The number of nitrogens with one attached hydrogen (secondary N) is 1. The minimum Gasteiger partial charge on any atom is -0.381 e. The molecule has 0 aliphatic heterocycles. The lowest BCUT2D eigenvalue weighted by molar-refractivity contribution is -0.385. The Morgan fingerprint density at radius 2 is 2.00 bits per heavy atom. The average molecular weight is 321 g/mol. The van der Waals surface area contributed by atoms with E-state index in [2.05, 4.69) is 21.2 Å². The molecule has 0 radical (unpaired) electrons. The fraction of sp³-hybridized carbons (Fsp3) is 0.143. The highest BCUT2D eigenvalue weighted by molar-refractivity contribution is 9.10. The van der Waals surface area contributed by atoms with Crippen LogP contribution in [0.2, 0.25) is 0 Å². The molecular formula is C14H13BrN2O2. The zero-order chi connectivity index (χ0) is 13.8. The third kappa shape index (κ3) is 3.32. The first-order valence-electron chi connectivity index (χ1n) is 5.80. The van der Waals surface area contributed by atoms with E-state index in [9.17, 15) is 10.1 Å². The van der Waals surface area contributed by atoms with E-state index in [0.717, 1.165) is 15.7 Å². The number of anilines is 1. The second kappa shape index (κ2) is 5.84. The highest BCUT2D eigenvalue weighted by Crippen LogP contribution is 2.23. The van der Waals surface area contributed by atoms with Crippen molar-refractivity contribution in [2.75, 3.05) is 5.32 Å². The minimum atomic E-state index is -0.368. The molecule has 5 heteroatoms. The van der Waals surface area contributed by atoms with Gasteiger partial charge in [-0.2, -0.15) is 0 Å². The Kier molecular flexibility index (Phi) is 4.16. The summed E-state index contributed by atoms with van der Waals surface area (Å²) >= 11 is 3.49. The van der Waals surface area contributed by atoms with Gasteiger partial charge in [-0.1, -0.05) is 34.1 Å². The van der Waals surface area contributed by atoms with Gasteiger partial charge in [0.05, 0.1) is 4.92 Å². The Bertz CT molecular complexity index is 614. The van der Waals surface area contributed by atoms with Gasteiger partial charge in [-0.15, -0.1) is 0 Å². The van der Waals surface area contributed by atoms with Gasteiger partial charge in [0.15, 0.2) is 0 Å². The van der Waals surface area contributed by atoms with Crippen LogP contribution in [0.25, 0.3) is 0 Å². The number of rotatable bonds is 4. The van der Waals surface area contributed by atoms with Gasteiger partial charge < -0.3 is 5.32 Å². The molecular weight excluding hydrogens is 308 g/mol. The summed E-state index contributed by atoms with van der Waals surface area (Å²) in [7, 11) is 0. The standard InChI is InChI=1S/C14H13BrN2O2/c1-10-8-12(6-7-14(10)17(18)19)16-9-11-4-2-3-5-13(11)15/h2-8,16H,9H2,1H3. The van der Waals surface area contributed by atoms with Crippen LogP contribution in [-0.4, -0.2) is 4.92 Å². The molecule has 0 aromatic heterocycles. The van der Waals surface area contributed by atoms with Crippen molar-refractivity contribution in [3.05, 3.63) is 68.2 Å². The number of hydrogen-bond acceptors (Lipinski definition) is 3. The number of nitrogens with zero attached hydrogens (tertiary/aromatic N) is 1. The number of halogens is 1. The number of hydrogen-bond donors (Lipinski definition) is 1. The summed E-state index contributed by atoms with van der Waals surface area (Å²) in [6.45, 7) is 2.40. The summed E-state index contributed by atoms with van der Waals surface area (Å²) in [6.07, 6.45) is 0. The Hall–Kier alpha value is -1.88. The second-order valence-corrected chi connectivity index (χ2v) is 5.06. The maximum Gasteiger partial charge on any atom is 0.272 e. The van der Waals surface area contributed by atoms with E-state index in [-0.39, 0.29) is 10.6 Å². The van der Waals surface area contributed by atoms with Crippen LogP contribution >= 0.6 is 15.9 Å². The second-order valence-electron chi connectivity index (χ2n) is 4.20. The molecule has 0 aliphatic carbocycles. The van der Waals surface area contributed by atoms with Crippen molar-refractivity contribution in [1.82, 2.24) is 0 Å². The normalized spacial score (nSPS) is 10.2. The molecule has 0 amide bonds. The van der Waals surface area contributed by atoms with Gasteiger partial charge >= 0.3 is 0 Å². The Labute approximate surface area is 119 Å². The Balaban J connectivity index is 2.11. The van der Waals surface area contributed by atoms with Crippen LogP contribution in [0.4, 0.5) is 11.4 Å². The molecule has 0 saturated carbocycles. The van der Waals surface area contributed by atoms with Crippen molar-refractivity contribution in [3.63, 3.8) is 0 Å². The SMILES string of the molecule is Cc1cc(NCc2ccccc2Br)ccc1[N+](=O)[O-]. The van der Waals surface area contributed by atoms with Gasteiger partial charge in [0.25, 0.3) is 5.69 Å². The number of nitro groups is 1. The van der Waals surface area contributed by atoms with Crippen molar-refractivity contribution in [1.29, 1.82) is 0 Å². The van der Waals surface area contributed by atoms with Crippen LogP contribution in [-0.2, 0) is 6.54 Å². The molecule has 0 unspecified atom stereocenters. The van der Waals surface area contributed by atoms with Crippen LogP contribution in [0.5, 0.6) is 0 Å². The van der Waals surface area contributed by atoms with E-state index in [4.69, 9.17) is 0 Å². The van der Waals surface area contributed by atoms with Gasteiger partial charge in [-0.25, -0.2) is 0 Å². The third-order valence-electron chi connectivity index (χ3n) is 2.83. The molecule has 19 heavy (non-hydrogen) atoms. The fourth-order valence-corrected chi connectivity index (χ4v) is 2.23. The smallest absolute Gasteiger partial charge is 0.272 e. The van der Waals surface area contributed by atoms with Crippen LogP contribution in [0.3, 0.4) is 0 Å². The van der Waals surface area contributed by atoms with Crippen molar-refractivity contribution < 1.29 is 4.92 Å². The van der Waals surface area contributed by atoms with Crippen LogP contribution in [0, 0.1) is 17.0 Å². The fourth-order valence-electron chi connectivity index (χ4n) is 1.81. The largest absolute Gasteiger partial charge is 0.381 e. The van der Waals surface area contributed by atoms with E-state index in [1.165, 1.54) is 6.07 Å². The summed E-state index contributed by atoms with van der Waals surface area (Å²) in [6, 6.07) is 13.0. The topological polar surface area (TPSA) is 55.2 Å². The first kappa shape index (κ1) is 13.5. The molecule has 1 N–H and O–H groups in total. The van der Waals surface area contributed by atoms with Crippen LogP contribution in [0.15, 0.2) is 46.9 Å². The lowest BCUT2D eigenvalue weighted by Gasteiger charge is -2.09. The van der Waals surface area contributed by atoms with E-state index in [1.54, 1.807) is 19.1 Å².